The number of anilines is 1. The number of rotatable bonds is 5. The van der Waals surface area contributed by atoms with E-state index in [-0.39, 0.29) is 0 Å². The molecular formula is C20H24N6. The number of hydrogen-bond donors (Lipinski definition) is 4. The zero-order valence-electron chi connectivity index (χ0n) is 14.8. The van der Waals surface area contributed by atoms with Crippen molar-refractivity contribution in [2.24, 2.45) is 23.0 Å². The molecule has 0 radical (unpaired) electrons. The smallest absolute Gasteiger partial charge is 0.0958 e. The minimum Gasteiger partial charge on any atom is -0.405 e. The van der Waals surface area contributed by atoms with Gasteiger partial charge in [-0.05, 0) is 49.5 Å². The Morgan fingerprint density at radius 1 is 1.08 bits per heavy atom. The van der Waals surface area contributed by atoms with Gasteiger partial charge in [0.15, 0.2) is 0 Å². The number of allylic oxidation sites excluding steroid dienone is 2. The standard InChI is InChI=1S/C20H24N6/c1-2-25-18-8-4-3-6-15(18)16-12-14(9-10-19(16)25)26(24)20(13-22)17(23)7-5-11-21/h3-13H,2,21-24H2,1H3/b11-5-,17-7-,20-13-. The molecule has 0 unspecified atom stereocenters. The van der Waals surface area contributed by atoms with E-state index in [0.717, 1.165) is 17.6 Å². The quantitative estimate of drug-likeness (QED) is 0.322. The summed E-state index contributed by atoms with van der Waals surface area (Å²) in [5.41, 5.74) is 21.3. The van der Waals surface area contributed by atoms with Crippen LogP contribution in [0.1, 0.15) is 6.92 Å². The topological polar surface area (TPSA) is 112 Å². The summed E-state index contributed by atoms with van der Waals surface area (Å²) in [6.07, 6.45) is 6.06. The SMILES string of the molecule is CCn1c2ccccc2c2cc(N(N)C(=C\N)/C(N)=C/C=C\N)ccc21. The first-order valence-corrected chi connectivity index (χ1v) is 8.44. The molecule has 0 fully saturated rings. The molecule has 8 N–H and O–H groups in total. The van der Waals surface area contributed by atoms with Crippen LogP contribution in [0.4, 0.5) is 5.69 Å². The van der Waals surface area contributed by atoms with Crippen LogP contribution in [0.2, 0.25) is 0 Å². The molecule has 0 saturated heterocycles. The van der Waals surface area contributed by atoms with Crippen molar-refractivity contribution in [3.8, 4) is 0 Å². The predicted octanol–water partition coefficient (Wildman–Crippen LogP) is 2.61. The van der Waals surface area contributed by atoms with Gasteiger partial charge < -0.3 is 21.8 Å². The highest BCUT2D eigenvalue weighted by molar-refractivity contribution is 6.09. The van der Waals surface area contributed by atoms with Crippen LogP contribution in [0.3, 0.4) is 0 Å². The largest absolute Gasteiger partial charge is 0.405 e. The normalized spacial score (nSPS) is 13.2. The van der Waals surface area contributed by atoms with E-state index in [1.165, 1.54) is 33.8 Å². The Morgan fingerprint density at radius 2 is 1.81 bits per heavy atom. The second-order valence-corrected chi connectivity index (χ2v) is 5.89. The summed E-state index contributed by atoms with van der Waals surface area (Å²) in [6.45, 7) is 3.03. The minimum absolute atomic E-state index is 0.424. The lowest BCUT2D eigenvalue weighted by atomic mass is 10.1. The van der Waals surface area contributed by atoms with Crippen molar-refractivity contribution in [2.45, 2.75) is 13.5 Å². The molecule has 0 aliphatic carbocycles. The first-order chi connectivity index (χ1) is 12.6. The summed E-state index contributed by atoms with van der Waals surface area (Å²) < 4.78 is 2.29. The van der Waals surface area contributed by atoms with Gasteiger partial charge in [0.25, 0.3) is 0 Å². The Bertz CT molecular complexity index is 1030. The second-order valence-electron chi connectivity index (χ2n) is 5.89. The van der Waals surface area contributed by atoms with Gasteiger partial charge in [0, 0.05) is 34.6 Å². The zero-order valence-corrected chi connectivity index (χ0v) is 14.8. The second kappa shape index (κ2) is 7.25. The monoisotopic (exact) mass is 348 g/mol. The molecule has 0 aliphatic rings. The van der Waals surface area contributed by atoms with E-state index in [2.05, 4.69) is 41.8 Å². The Kier molecular flexibility index (Phi) is 4.86. The average molecular weight is 348 g/mol. The maximum atomic E-state index is 6.30. The summed E-state index contributed by atoms with van der Waals surface area (Å²) in [6, 6.07) is 14.4. The summed E-state index contributed by atoms with van der Waals surface area (Å²) in [4.78, 5) is 0. The number of hydrazine groups is 1. The van der Waals surface area contributed by atoms with Gasteiger partial charge in [-0.15, -0.1) is 0 Å². The fourth-order valence-electron chi connectivity index (χ4n) is 3.23. The van der Waals surface area contributed by atoms with E-state index >= 15 is 0 Å². The molecule has 134 valence electrons. The number of aryl methyl sites for hydroxylation is 1. The molecule has 0 amide bonds. The van der Waals surface area contributed by atoms with Gasteiger partial charge in [0.2, 0.25) is 0 Å². The van der Waals surface area contributed by atoms with Crippen LogP contribution in [0.5, 0.6) is 0 Å². The van der Waals surface area contributed by atoms with E-state index in [1.54, 1.807) is 12.2 Å². The van der Waals surface area contributed by atoms with E-state index in [0.29, 0.717) is 11.4 Å². The number of benzene rings is 2. The number of aromatic nitrogens is 1. The van der Waals surface area contributed by atoms with Crippen molar-refractivity contribution in [2.75, 3.05) is 5.01 Å². The average Bonchev–Trinajstić information content (AvgIpc) is 2.99. The van der Waals surface area contributed by atoms with E-state index in [1.807, 2.05) is 12.1 Å². The third-order valence-electron chi connectivity index (χ3n) is 4.45. The minimum atomic E-state index is 0.424. The zero-order chi connectivity index (χ0) is 18.7. The first kappa shape index (κ1) is 17.4. The lowest BCUT2D eigenvalue weighted by Gasteiger charge is -2.22. The number of hydrogen-bond acceptors (Lipinski definition) is 5. The van der Waals surface area contributed by atoms with Crippen molar-refractivity contribution in [3.63, 3.8) is 0 Å². The van der Waals surface area contributed by atoms with E-state index in [9.17, 15) is 0 Å². The summed E-state index contributed by atoms with van der Waals surface area (Å²) in [5, 5.41) is 3.80. The van der Waals surface area contributed by atoms with Crippen LogP contribution in [-0.2, 0) is 6.54 Å². The van der Waals surface area contributed by atoms with Crippen LogP contribution >= 0.6 is 0 Å². The molecule has 0 atom stereocenters. The predicted molar refractivity (Wildman–Crippen MR) is 110 cm³/mol. The van der Waals surface area contributed by atoms with Crippen LogP contribution in [0.15, 0.2) is 78.4 Å². The highest BCUT2D eigenvalue weighted by atomic mass is 15.4. The van der Waals surface area contributed by atoms with Crippen LogP contribution in [0, 0.1) is 0 Å². The van der Waals surface area contributed by atoms with Gasteiger partial charge >= 0.3 is 0 Å². The fraction of sp³-hybridized carbons (Fsp3) is 0.100. The number of nitrogens with zero attached hydrogens (tertiary/aromatic N) is 2. The van der Waals surface area contributed by atoms with Crippen molar-refractivity contribution >= 4 is 27.5 Å². The molecule has 26 heavy (non-hydrogen) atoms. The summed E-state index contributed by atoms with van der Waals surface area (Å²) in [5.74, 6) is 6.30. The molecule has 0 bridgehead atoms. The fourth-order valence-corrected chi connectivity index (χ4v) is 3.23. The maximum Gasteiger partial charge on any atom is 0.0958 e. The molecule has 3 rings (SSSR count). The molecule has 1 aromatic heterocycles. The number of nitrogens with two attached hydrogens (primary N) is 4. The molecule has 0 saturated carbocycles. The molecule has 6 nitrogen and oxygen atoms in total. The number of fused-ring (bicyclic) bond motifs is 3. The molecule has 1 heterocycles. The van der Waals surface area contributed by atoms with Gasteiger partial charge in [0.1, 0.15) is 0 Å². The molecule has 3 aromatic rings. The summed E-state index contributed by atoms with van der Waals surface area (Å²) >= 11 is 0. The van der Waals surface area contributed by atoms with Gasteiger partial charge in [-0.25, -0.2) is 5.84 Å². The summed E-state index contributed by atoms with van der Waals surface area (Å²) in [7, 11) is 0. The van der Waals surface area contributed by atoms with Crippen molar-refractivity contribution < 1.29 is 0 Å². The van der Waals surface area contributed by atoms with E-state index < -0.39 is 0 Å². The lowest BCUT2D eigenvalue weighted by Crippen LogP contribution is -2.33. The van der Waals surface area contributed by atoms with Gasteiger partial charge in [-0.1, -0.05) is 18.2 Å². The third kappa shape index (κ3) is 2.87. The third-order valence-corrected chi connectivity index (χ3v) is 4.45. The molecule has 0 aliphatic heterocycles. The van der Waals surface area contributed by atoms with E-state index in [4.69, 9.17) is 23.0 Å². The highest BCUT2D eigenvalue weighted by Crippen LogP contribution is 2.32. The van der Waals surface area contributed by atoms with Crippen molar-refractivity contribution in [1.29, 1.82) is 0 Å². The Balaban J connectivity index is 2.13. The maximum absolute atomic E-state index is 6.30. The molecular weight excluding hydrogens is 324 g/mol. The first-order valence-electron chi connectivity index (χ1n) is 8.44. The van der Waals surface area contributed by atoms with Gasteiger partial charge in [-0.2, -0.15) is 0 Å². The molecule has 0 spiro atoms. The van der Waals surface area contributed by atoms with Crippen LogP contribution in [0.25, 0.3) is 21.8 Å². The van der Waals surface area contributed by atoms with Gasteiger partial charge in [0.05, 0.1) is 17.1 Å². The Hall–Kier alpha value is -3.38. The Morgan fingerprint density at radius 3 is 2.50 bits per heavy atom. The lowest BCUT2D eigenvalue weighted by molar-refractivity contribution is 0.827. The molecule has 2 aromatic carbocycles. The van der Waals surface area contributed by atoms with Crippen molar-refractivity contribution in [1.82, 2.24) is 4.57 Å². The number of para-hydroxylation sites is 1. The highest BCUT2D eigenvalue weighted by Gasteiger charge is 2.14. The van der Waals surface area contributed by atoms with Crippen LogP contribution in [-0.4, -0.2) is 4.57 Å². The molecule has 6 heteroatoms. The van der Waals surface area contributed by atoms with Crippen LogP contribution < -0.4 is 28.1 Å². The van der Waals surface area contributed by atoms with Gasteiger partial charge in [-0.3, -0.25) is 5.01 Å². The van der Waals surface area contributed by atoms with Crippen molar-refractivity contribution in [3.05, 3.63) is 78.4 Å². The Labute approximate surface area is 152 Å².